The van der Waals surface area contributed by atoms with E-state index in [1.807, 2.05) is 11.1 Å². The summed E-state index contributed by atoms with van der Waals surface area (Å²) in [5.41, 5.74) is 4.02. The Morgan fingerprint density at radius 2 is 1.83 bits per heavy atom. The van der Waals surface area contributed by atoms with Gasteiger partial charge in [0.25, 0.3) is 5.91 Å². The maximum atomic E-state index is 11.9. The molecule has 94 valence electrons. The molecule has 2 rings (SSSR count). The molecule has 1 saturated heterocycles. The zero-order chi connectivity index (χ0) is 13.0. The second kappa shape index (κ2) is 5.63. The van der Waals surface area contributed by atoms with Crippen LogP contribution >= 0.6 is 0 Å². The van der Waals surface area contributed by atoms with Crippen LogP contribution in [0.5, 0.6) is 0 Å². The fourth-order valence-corrected chi connectivity index (χ4v) is 1.82. The SMILES string of the molecule is CN1CCN(NC(=O)c2ccc(C#N)cc2)CC1. The van der Waals surface area contributed by atoms with Crippen LogP contribution in [-0.4, -0.2) is 49.0 Å². The summed E-state index contributed by atoms with van der Waals surface area (Å²) in [5.74, 6) is -0.121. The molecule has 0 bridgehead atoms. The average Bonchev–Trinajstić information content (AvgIpc) is 2.41. The van der Waals surface area contributed by atoms with Crippen molar-refractivity contribution in [1.82, 2.24) is 15.3 Å². The van der Waals surface area contributed by atoms with E-state index in [9.17, 15) is 4.79 Å². The normalized spacial score (nSPS) is 17.1. The highest BCUT2D eigenvalue weighted by molar-refractivity contribution is 5.93. The van der Waals surface area contributed by atoms with Crippen molar-refractivity contribution >= 4 is 5.91 Å². The molecule has 0 aromatic heterocycles. The predicted octanol–water partition coefficient (Wildman–Crippen LogP) is 0.450. The topological polar surface area (TPSA) is 59.4 Å². The van der Waals surface area contributed by atoms with Crippen LogP contribution in [0.4, 0.5) is 0 Å². The predicted molar refractivity (Wildman–Crippen MR) is 67.7 cm³/mol. The van der Waals surface area contributed by atoms with Gasteiger partial charge in [-0.05, 0) is 31.3 Å². The van der Waals surface area contributed by atoms with Gasteiger partial charge in [0, 0.05) is 31.7 Å². The van der Waals surface area contributed by atoms with Crippen molar-refractivity contribution in [2.75, 3.05) is 33.2 Å². The molecule has 18 heavy (non-hydrogen) atoms. The van der Waals surface area contributed by atoms with Gasteiger partial charge in [0.2, 0.25) is 0 Å². The Hall–Kier alpha value is -1.90. The fourth-order valence-electron chi connectivity index (χ4n) is 1.82. The number of carbonyl (C=O) groups is 1. The highest BCUT2D eigenvalue weighted by Crippen LogP contribution is 2.04. The van der Waals surface area contributed by atoms with Crippen LogP contribution in [0.15, 0.2) is 24.3 Å². The van der Waals surface area contributed by atoms with E-state index in [-0.39, 0.29) is 5.91 Å². The Balaban J connectivity index is 1.93. The number of hydrogen-bond donors (Lipinski definition) is 1. The van der Waals surface area contributed by atoms with Gasteiger partial charge in [0.1, 0.15) is 0 Å². The summed E-state index contributed by atoms with van der Waals surface area (Å²) >= 11 is 0. The molecule has 1 fully saturated rings. The van der Waals surface area contributed by atoms with Gasteiger partial charge in [-0.2, -0.15) is 5.26 Å². The number of hydrogen-bond acceptors (Lipinski definition) is 4. The van der Waals surface area contributed by atoms with Gasteiger partial charge in [-0.1, -0.05) is 0 Å². The second-order valence-corrected chi connectivity index (χ2v) is 4.42. The standard InChI is InChI=1S/C13H16N4O/c1-16-6-8-17(9-7-16)15-13(18)12-4-2-11(10-14)3-5-12/h2-5H,6-9H2,1H3,(H,15,18). The molecule has 0 unspecified atom stereocenters. The van der Waals surface area contributed by atoms with Crippen molar-refractivity contribution in [2.45, 2.75) is 0 Å². The lowest BCUT2D eigenvalue weighted by Gasteiger charge is -2.32. The Labute approximate surface area is 107 Å². The molecule has 5 nitrogen and oxygen atoms in total. The number of hydrazine groups is 1. The third kappa shape index (κ3) is 3.06. The van der Waals surface area contributed by atoms with E-state index >= 15 is 0 Å². The number of nitrogens with zero attached hydrogens (tertiary/aromatic N) is 3. The number of nitrogens with one attached hydrogen (secondary N) is 1. The summed E-state index contributed by atoms with van der Waals surface area (Å²) in [6.45, 7) is 3.57. The summed E-state index contributed by atoms with van der Waals surface area (Å²) in [5, 5.41) is 10.6. The van der Waals surface area contributed by atoms with Crippen LogP contribution < -0.4 is 5.43 Å². The highest BCUT2D eigenvalue weighted by Gasteiger charge is 2.16. The number of piperazine rings is 1. The summed E-state index contributed by atoms with van der Waals surface area (Å²) in [6.07, 6.45) is 0. The van der Waals surface area contributed by atoms with Gasteiger partial charge in [0.05, 0.1) is 11.6 Å². The van der Waals surface area contributed by atoms with E-state index in [1.54, 1.807) is 24.3 Å². The minimum Gasteiger partial charge on any atom is -0.304 e. The number of carbonyl (C=O) groups excluding carboxylic acids is 1. The number of likely N-dealkylation sites (N-methyl/N-ethyl adjacent to an activating group) is 1. The third-order valence-corrected chi connectivity index (χ3v) is 3.04. The maximum absolute atomic E-state index is 11.9. The number of nitriles is 1. The molecule has 0 spiro atoms. The molecule has 0 atom stereocenters. The molecule has 1 aliphatic heterocycles. The Morgan fingerprint density at radius 1 is 1.22 bits per heavy atom. The molecular formula is C13H16N4O. The lowest BCUT2D eigenvalue weighted by Crippen LogP contribution is -2.52. The first kappa shape index (κ1) is 12.6. The van der Waals surface area contributed by atoms with E-state index in [2.05, 4.69) is 17.4 Å². The maximum Gasteiger partial charge on any atom is 0.265 e. The van der Waals surface area contributed by atoms with Crippen molar-refractivity contribution in [2.24, 2.45) is 0 Å². The van der Waals surface area contributed by atoms with Gasteiger partial charge in [0.15, 0.2) is 0 Å². The molecule has 0 saturated carbocycles. The van der Waals surface area contributed by atoms with Crippen LogP contribution in [0.1, 0.15) is 15.9 Å². The molecule has 1 heterocycles. The van der Waals surface area contributed by atoms with E-state index < -0.39 is 0 Å². The van der Waals surface area contributed by atoms with E-state index in [4.69, 9.17) is 5.26 Å². The van der Waals surface area contributed by atoms with Crippen molar-refractivity contribution in [3.63, 3.8) is 0 Å². The molecule has 1 N–H and O–H groups in total. The average molecular weight is 244 g/mol. The van der Waals surface area contributed by atoms with Gasteiger partial charge in [-0.15, -0.1) is 0 Å². The number of benzene rings is 1. The Kier molecular flexibility index (Phi) is 3.92. The quantitative estimate of drug-likeness (QED) is 0.820. The lowest BCUT2D eigenvalue weighted by atomic mass is 10.1. The molecule has 1 aliphatic rings. The first-order chi connectivity index (χ1) is 8.69. The van der Waals surface area contributed by atoms with Gasteiger partial charge in [-0.3, -0.25) is 10.2 Å². The van der Waals surface area contributed by atoms with Crippen molar-refractivity contribution in [1.29, 1.82) is 5.26 Å². The third-order valence-electron chi connectivity index (χ3n) is 3.04. The highest BCUT2D eigenvalue weighted by atomic mass is 16.2. The van der Waals surface area contributed by atoms with Crippen molar-refractivity contribution in [3.05, 3.63) is 35.4 Å². The van der Waals surface area contributed by atoms with E-state index in [0.717, 1.165) is 26.2 Å². The van der Waals surface area contributed by atoms with Crippen LogP contribution in [0, 0.1) is 11.3 Å². The Bertz CT molecular complexity index is 455. The fraction of sp³-hybridized carbons (Fsp3) is 0.385. The molecule has 1 amide bonds. The van der Waals surface area contributed by atoms with Crippen LogP contribution in [-0.2, 0) is 0 Å². The molecule has 1 aromatic rings. The van der Waals surface area contributed by atoms with Gasteiger partial charge in [-0.25, -0.2) is 5.01 Å². The van der Waals surface area contributed by atoms with Crippen LogP contribution in [0.3, 0.4) is 0 Å². The van der Waals surface area contributed by atoms with Crippen molar-refractivity contribution in [3.8, 4) is 6.07 Å². The largest absolute Gasteiger partial charge is 0.304 e. The molecule has 1 aromatic carbocycles. The minimum absolute atomic E-state index is 0.121. The summed E-state index contributed by atoms with van der Waals surface area (Å²) < 4.78 is 0. The summed E-state index contributed by atoms with van der Waals surface area (Å²) in [6, 6.07) is 8.68. The monoisotopic (exact) mass is 244 g/mol. The van der Waals surface area contributed by atoms with E-state index in [1.165, 1.54) is 0 Å². The van der Waals surface area contributed by atoms with Crippen LogP contribution in [0.25, 0.3) is 0 Å². The second-order valence-electron chi connectivity index (χ2n) is 4.42. The summed E-state index contributed by atoms with van der Waals surface area (Å²) in [7, 11) is 2.07. The zero-order valence-corrected chi connectivity index (χ0v) is 10.4. The first-order valence-corrected chi connectivity index (χ1v) is 5.93. The van der Waals surface area contributed by atoms with E-state index in [0.29, 0.717) is 11.1 Å². The van der Waals surface area contributed by atoms with Crippen molar-refractivity contribution < 1.29 is 4.79 Å². The summed E-state index contributed by atoms with van der Waals surface area (Å²) in [4.78, 5) is 14.2. The molecule has 0 radical (unpaired) electrons. The first-order valence-electron chi connectivity index (χ1n) is 5.93. The van der Waals surface area contributed by atoms with Gasteiger partial charge >= 0.3 is 0 Å². The Morgan fingerprint density at radius 3 is 2.39 bits per heavy atom. The smallest absolute Gasteiger partial charge is 0.265 e. The molecule has 5 heteroatoms. The number of amides is 1. The zero-order valence-electron chi connectivity index (χ0n) is 10.4. The minimum atomic E-state index is -0.121. The van der Waals surface area contributed by atoms with Crippen LogP contribution in [0.2, 0.25) is 0 Å². The number of rotatable bonds is 2. The molecular weight excluding hydrogens is 228 g/mol. The van der Waals surface area contributed by atoms with Gasteiger partial charge < -0.3 is 4.90 Å². The lowest BCUT2D eigenvalue weighted by molar-refractivity contribution is 0.0662. The molecule has 0 aliphatic carbocycles.